The molecule has 2 rings (SSSR count). The standard InChI is InChI=1S/C15H19NO3/c1-4-16(10(2)3)9-12-11-7-5-6-8-13(11)19-14(12)15(17)18/h5-8,10H,4,9H2,1-3H3,(H,17,18). The zero-order valence-electron chi connectivity index (χ0n) is 11.5. The van der Waals surface area contributed by atoms with Crippen LogP contribution in [-0.4, -0.2) is 28.6 Å². The molecule has 0 aliphatic heterocycles. The smallest absolute Gasteiger partial charge is 0.372 e. The zero-order valence-corrected chi connectivity index (χ0v) is 11.5. The average molecular weight is 261 g/mol. The van der Waals surface area contributed by atoms with Crippen molar-refractivity contribution in [2.45, 2.75) is 33.4 Å². The zero-order chi connectivity index (χ0) is 14.0. The molecule has 0 saturated carbocycles. The van der Waals surface area contributed by atoms with Crippen molar-refractivity contribution >= 4 is 16.9 Å². The quantitative estimate of drug-likeness (QED) is 0.896. The van der Waals surface area contributed by atoms with E-state index >= 15 is 0 Å². The molecule has 1 heterocycles. The molecule has 0 spiro atoms. The van der Waals surface area contributed by atoms with Crippen molar-refractivity contribution < 1.29 is 14.3 Å². The highest BCUT2D eigenvalue weighted by atomic mass is 16.4. The van der Waals surface area contributed by atoms with Gasteiger partial charge in [0.05, 0.1) is 0 Å². The summed E-state index contributed by atoms with van der Waals surface area (Å²) >= 11 is 0. The molecule has 0 fully saturated rings. The fourth-order valence-electron chi connectivity index (χ4n) is 2.29. The molecule has 0 unspecified atom stereocenters. The van der Waals surface area contributed by atoms with Crippen molar-refractivity contribution in [1.82, 2.24) is 4.90 Å². The maximum Gasteiger partial charge on any atom is 0.372 e. The predicted octanol–water partition coefficient (Wildman–Crippen LogP) is 3.36. The van der Waals surface area contributed by atoms with Crippen molar-refractivity contribution in [2.75, 3.05) is 6.54 Å². The molecule has 19 heavy (non-hydrogen) atoms. The predicted molar refractivity (Wildman–Crippen MR) is 74.4 cm³/mol. The SMILES string of the molecule is CCN(Cc1c(C(=O)O)oc2ccccc12)C(C)C. The van der Waals surface area contributed by atoms with E-state index in [1.807, 2.05) is 18.2 Å². The second-order valence-electron chi connectivity index (χ2n) is 4.87. The monoisotopic (exact) mass is 261 g/mol. The van der Waals surface area contributed by atoms with E-state index in [1.54, 1.807) is 6.07 Å². The van der Waals surface area contributed by atoms with Gasteiger partial charge in [0.1, 0.15) is 5.58 Å². The lowest BCUT2D eigenvalue weighted by Gasteiger charge is -2.24. The van der Waals surface area contributed by atoms with Crippen molar-refractivity contribution in [3.63, 3.8) is 0 Å². The summed E-state index contributed by atoms with van der Waals surface area (Å²) in [6.45, 7) is 7.74. The molecule has 1 N–H and O–H groups in total. The lowest BCUT2D eigenvalue weighted by Crippen LogP contribution is -2.30. The Morgan fingerprint density at radius 3 is 2.63 bits per heavy atom. The molecule has 0 bridgehead atoms. The molecule has 0 aliphatic carbocycles. The summed E-state index contributed by atoms with van der Waals surface area (Å²) in [6, 6.07) is 7.83. The van der Waals surface area contributed by atoms with Crippen LogP contribution in [0.5, 0.6) is 0 Å². The Bertz CT molecular complexity index is 586. The number of carboxylic acids is 1. The summed E-state index contributed by atoms with van der Waals surface area (Å²) in [5, 5.41) is 10.2. The minimum absolute atomic E-state index is 0.0558. The van der Waals surface area contributed by atoms with Crippen molar-refractivity contribution in [1.29, 1.82) is 0 Å². The number of hydrogen-bond acceptors (Lipinski definition) is 3. The van der Waals surface area contributed by atoms with Crippen molar-refractivity contribution in [3.05, 3.63) is 35.6 Å². The van der Waals surface area contributed by atoms with Gasteiger partial charge in [0.15, 0.2) is 0 Å². The Labute approximate surface area is 112 Å². The minimum atomic E-state index is -1.01. The average Bonchev–Trinajstić information content (AvgIpc) is 2.74. The first-order chi connectivity index (χ1) is 9.04. The van der Waals surface area contributed by atoms with E-state index in [2.05, 4.69) is 25.7 Å². The van der Waals surface area contributed by atoms with Crippen LogP contribution < -0.4 is 0 Å². The second kappa shape index (κ2) is 5.45. The van der Waals surface area contributed by atoms with E-state index < -0.39 is 5.97 Å². The Balaban J connectivity index is 2.50. The van der Waals surface area contributed by atoms with Gasteiger partial charge < -0.3 is 9.52 Å². The van der Waals surface area contributed by atoms with Gasteiger partial charge in [-0.3, -0.25) is 4.90 Å². The maximum absolute atomic E-state index is 11.3. The molecule has 0 saturated heterocycles. The van der Waals surface area contributed by atoms with Gasteiger partial charge in [-0.1, -0.05) is 25.1 Å². The molecule has 4 heteroatoms. The van der Waals surface area contributed by atoms with Gasteiger partial charge in [0.2, 0.25) is 5.76 Å². The highest BCUT2D eigenvalue weighted by Gasteiger charge is 2.22. The Morgan fingerprint density at radius 2 is 2.05 bits per heavy atom. The van der Waals surface area contributed by atoms with Crippen molar-refractivity contribution in [3.8, 4) is 0 Å². The van der Waals surface area contributed by atoms with Crippen LogP contribution in [0.3, 0.4) is 0 Å². The third-order valence-electron chi connectivity index (χ3n) is 3.39. The Hall–Kier alpha value is -1.81. The molecular formula is C15H19NO3. The third-order valence-corrected chi connectivity index (χ3v) is 3.39. The van der Waals surface area contributed by atoms with Crippen LogP contribution in [0.15, 0.2) is 28.7 Å². The number of hydrogen-bond donors (Lipinski definition) is 1. The van der Waals surface area contributed by atoms with Gasteiger partial charge in [-0.2, -0.15) is 0 Å². The summed E-state index contributed by atoms with van der Waals surface area (Å²) in [5.41, 5.74) is 1.40. The number of nitrogens with zero attached hydrogens (tertiary/aromatic N) is 1. The largest absolute Gasteiger partial charge is 0.475 e. The first-order valence-electron chi connectivity index (χ1n) is 6.52. The lowest BCUT2D eigenvalue weighted by molar-refractivity contribution is 0.0661. The number of para-hydroxylation sites is 1. The van der Waals surface area contributed by atoms with Crippen LogP contribution in [0.25, 0.3) is 11.0 Å². The van der Waals surface area contributed by atoms with Crippen LogP contribution in [0.4, 0.5) is 0 Å². The summed E-state index contributed by atoms with van der Waals surface area (Å²) in [6.07, 6.45) is 0. The molecule has 0 atom stereocenters. The number of aromatic carboxylic acids is 1. The molecule has 0 amide bonds. The Morgan fingerprint density at radius 1 is 1.37 bits per heavy atom. The summed E-state index contributed by atoms with van der Waals surface area (Å²) in [4.78, 5) is 13.5. The van der Waals surface area contributed by atoms with Crippen LogP contribution in [0, 0.1) is 0 Å². The third kappa shape index (κ3) is 2.63. The molecule has 2 aromatic rings. The number of fused-ring (bicyclic) bond motifs is 1. The number of furan rings is 1. The topological polar surface area (TPSA) is 53.7 Å². The summed E-state index contributed by atoms with van der Waals surface area (Å²) in [5.74, 6) is -0.952. The first-order valence-corrected chi connectivity index (χ1v) is 6.52. The van der Waals surface area contributed by atoms with E-state index in [0.717, 1.165) is 17.5 Å². The minimum Gasteiger partial charge on any atom is -0.475 e. The number of carbonyl (C=O) groups is 1. The Kier molecular flexibility index (Phi) is 3.90. The van der Waals surface area contributed by atoms with Crippen LogP contribution in [-0.2, 0) is 6.54 Å². The van der Waals surface area contributed by atoms with E-state index in [-0.39, 0.29) is 5.76 Å². The number of carboxylic acid groups (broad SMARTS) is 1. The lowest BCUT2D eigenvalue weighted by atomic mass is 10.1. The van der Waals surface area contributed by atoms with Gasteiger partial charge in [-0.05, 0) is 26.5 Å². The fourth-order valence-corrected chi connectivity index (χ4v) is 2.29. The molecule has 1 aromatic heterocycles. The van der Waals surface area contributed by atoms with Gasteiger partial charge in [0, 0.05) is 23.5 Å². The molecule has 1 aromatic carbocycles. The van der Waals surface area contributed by atoms with Crippen LogP contribution in [0.1, 0.15) is 36.9 Å². The van der Waals surface area contributed by atoms with Gasteiger partial charge in [-0.15, -0.1) is 0 Å². The molecular weight excluding hydrogens is 242 g/mol. The molecule has 0 aliphatic rings. The highest BCUT2D eigenvalue weighted by Crippen LogP contribution is 2.27. The van der Waals surface area contributed by atoms with E-state index in [0.29, 0.717) is 18.2 Å². The maximum atomic E-state index is 11.3. The van der Waals surface area contributed by atoms with Crippen LogP contribution >= 0.6 is 0 Å². The van der Waals surface area contributed by atoms with E-state index in [4.69, 9.17) is 4.42 Å². The summed E-state index contributed by atoms with van der Waals surface area (Å²) in [7, 11) is 0. The fraction of sp³-hybridized carbons (Fsp3) is 0.400. The van der Waals surface area contributed by atoms with E-state index in [9.17, 15) is 9.90 Å². The van der Waals surface area contributed by atoms with Gasteiger partial charge >= 0.3 is 5.97 Å². The van der Waals surface area contributed by atoms with Gasteiger partial charge in [-0.25, -0.2) is 4.79 Å². The first kappa shape index (κ1) is 13.6. The highest BCUT2D eigenvalue weighted by molar-refractivity contribution is 5.95. The summed E-state index contributed by atoms with van der Waals surface area (Å²) < 4.78 is 5.46. The van der Waals surface area contributed by atoms with Gasteiger partial charge in [0.25, 0.3) is 0 Å². The number of benzene rings is 1. The van der Waals surface area contributed by atoms with Crippen LogP contribution in [0.2, 0.25) is 0 Å². The number of rotatable bonds is 5. The van der Waals surface area contributed by atoms with Crippen molar-refractivity contribution in [2.24, 2.45) is 0 Å². The molecule has 102 valence electrons. The van der Waals surface area contributed by atoms with E-state index in [1.165, 1.54) is 0 Å². The normalized spacial score (nSPS) is 11.6. The second-order valence-corrected chi connectivity index (χ2v) is 4.87. The molecule has 0 radical (unpaired) electrons. The molecule has 4 nitrogen and oxygen atoms in total.